The second-order valence-electron chi connectivity index (χ2n) is 3.84. The molecule has 0 unspecified atom stereocenters. The minimum Gasteiger partial charge on any atom is -0.380 e. The van der Waals surface area contributed by atoms with Crippen LogP contribution in [-0.2, 0) is 17.5 Å². The smallest absolute Gasteiger partial charge is 0.380 e. The van der Waals surface area contributed by atoms with Gasteiger partial charge in [0.15, 0.2) is 0 Å². The normalized spacial score (nSPS) is 12.2. The van der Waals surface area contributed by atoms with E-state index in [0.29, 0.717) is 30.8 Å². The van der Waals surface area contributed by atoms with E-state index < -0.39 is 11.7 Å². The highest BCUT2D eigenvalue weighted by Crippen LogP contribution is 2.30. The van der Waals surface area contributed by atoms with E-state index in [0.717, 1.165) is 12.1 Å². The third-order valence-electron chi connectivity index (χ3n) is 2.63. The molecule has 0 radical (unpaired) electrons. The molecule has 0 amide bonds. The van der Waals surface area contributed by atoms with E-state index in [-0.39, 0.29) is 0 Å². The van der Waals surface area contributed by atoms with Crippen LogP contribution in [0.1, 0.15) is 12.5 Å². The summed E-state index contributed by atoms with van der Waals surface area (Å²) in [7, 11) is 0. The number of aromatic nitrogens is 2. The molecule has 6 heteroatoms. The molecule has 0 aliphatic carbocycles. The lowest BCUT2D eigenvalue weighted by Gasteiger charge is -2.07. The highest BCUT2D eigenvalue weighted by Gasteiger charge is 2.30. The first kappa shape index (κ1) is 12.9. The maximum atomic E-state index is 12.5. The molecule has 2 aromatic rings. The molecule has 0 atom stereocenters. The first-order valence-electron chi connectivity index (χ1n) is 5.62. The van der Waals surface area contributed by atoms with Crippen molar-refractivity contribution < 1.29 is 17.9 Å². The van der Waals surface area contributed by atoms with Crippen LogP contribution in [0.4, 0.5) is 13.2 Å². The highest BCUT2D eigenvalue weighted by atomic mass is 19.4. The molecule has 1 heterocycles. The van der Waals surface area contributed by atoms with Crippen LogP contribution < -0.4 is 0 Å². The molecule has 0 aliphatic heterocycles. The van der Waals surface area contributed by atoms with Gasteiger partial charge in [0.1, 0.15) is 0 Å². The molecule has 3 nitrogen and oxygen atoms in total. The lowest BCUT2D eigenvalue weighted by atomic mass is 10.2. The van der Waals surface area contributed by atoms with Crippen LogP contribution >= 0.6 is 0 Å². The lowest BCUT2D eigenvalue weighted by molar-refractivity contribution is -0.137. The Kier molecular flexibility index (Phi) is 3.56. The molecule has 0 spiro atoms. The zero-order valence-corrected chi connectivity index (χ0v) is 9.87. The molecular weight excluding hydrogens is 245 g/mol. The van der Waals surface area contributed by atoms with Crippen LogP contribution in [-0.4, -0.2) is 22.8 Å². The molecule has 18 heavy (non-hydrogen) atoms. The summed E-state index contributed by atoms with van der Waals surface area (Å²) < 4.78 is 44.5. The number of halogens is 3. The second-order valence-corrected chi connectivity index (χ2v) is 3.84. The number of fused-ring (bicyclic) bond motifs is 1. The Hall–Kier alpha value is -1.56. The zero-order valence-electron chi connectivity index (χ0n) is 9.87. The average Bonchev–Trinajstić information content (AvgIpc) is 2.71. The Morgan fingerprint density at radius 2 is 2.11 bits per heavy atom. The fourth-order valence-corrected chi connectivity index (χ4v) is 1.73. The van der Waals surface area contributed by atoms with Gasteiger partial charge in [-0.2, -0.15) is 13.2 Å². The predicted molar refractivity (Wildman–Crippen MR) is 61.2 cm³/mol. The van der Waals surface area contributed by atoms with Gasteiger partial charge in [0.2, 0.25) is 0 Å². The van der Waals surface area contributed by atoms with Gasteiger partial charge < -0.3 is 9.30 Å². The molecule has 2 rings (SSSR count). The van der Waals surface area contributed by atoms with E-state index >= 15 is 0 Å². The summed E-state index contributed by atoms with van der Waals surface area (Å²) in [5.74, 6) is 0. The van der Waals surface area contributed by atoms with E-state index in [1.54, 1.807) is 4.57 Å². The Labute approximate surface area is 102 Å². The van der Waals surface area contributed by atoms with Crippen molar-refractivity contribution in [3.05, 3.63) is 30.1 Å². The Balaban J connectivity index is 2.26. The van der Waals surface area contributed by atoms with E-state index in [4.69, 9.17) is 4.74 Å². The molecule has 0 N–H and O–H groups in total. The highest BCUT2D eigenvalue weighted by molar-refractivity contribution is 5.76. The standard InChI is InChI=1S/C12H13F3N2O/c1-2-18-6-5-17-8-16-10-7-9(12(13,14)15)3-4-11(10)17/h3-4,7-8H,2,5-6H2,1H3. The average molecular weight is 258 g/mol. The third-order valence-corrected chi connectivity index (χ3v) is 2.63. The van der Waals surface area contributed by atoms with Crippen molar-refractivity contribution in [1.29, 1.82) is 0 Å². The molecule has 0 saturated heterocycles. The van der Waals surface area contributed by atoms with Crippen LogP contribution in [0.15, 0.2) is 24.5 Å². The molecule has 0 aliphatic rings. The largest absolute Gasteiger partial charge is 0.416 e. The molecule has 0 fully saturated rings. The van der Waals surface area contributed by atoms with Gasteiger partial charge in [-0.25, -0.2) is 4.98 Å². The van der Waals surface area contributed by atoms with Crippen molar-refractivity contribution in [2.24, 2.45) is 0 Å². The first-order chi connectivity index (χ1) is 8.52. The SMILES string of the molecule is CCOCCn1cnc2cc(C(F)(F)F)ccc21. The number of hydrogen-bond acceptors (Lipinski definition) is 2. The summed E-state index contributed by atoms with van der Waals surface area (Å²) in [6.45, 7) is 3.60. The van der Waals surface area contributed by atoms with E-state index in [1.807, 2.05) is 6.92 Å². The first-order valence-corrected chi connectivity index (χ1v) is 5.62. The van der Waals surface area contributed by atoms with Crippen LogP contribution in [0.5, 0.6) is 0 Å². The van der Waals surface area contributed by atoms with Gasteiger partial charge in [0.25, 0.3) is 0 Å². The third kappa shape index (κ3) is 2.64. The van der Waals surface area contributed by atoms with Crippen molar-refractivity contribution in [3.63, 3.8) is 0 Å². The minimum atomic E-state index is -4.33. The van der Waals surface area contributed by atoms with Gasteiger partial charge in [0.05, 0.1) is 29.5 Å². The van der Waals surface area contributed by atoms with Crippen LogP contribution in [0.2, 0.25) is 0 Å². The van der Waals surface area contributed by atoms with Crippen molar-refractivity contribution in [3.8, 4) is 0 Å². The fourth-order valence-electron chi connectivity index (χ4n) is 1.73. The van der Waals surface area contributed by atoms with Crippen molar-refractivity contribution >= 4 is 11.0 Å². The number of alkyl halides is 3. The topological polar surface area (TPSA) is 27.1 Å². The number of rotatable bonds is 4. The maximum Gasteiger partial charge on any atom is 0.416 e. The van der Waals surface area contributed by atoms with Gasteiger partial charge in [-0.3, -0.25) is 0 Å². The predicted octanol–water partition coefficient (Wildman–Crippen LogP) is 3.09. The van der Waals surface area contributed by atoms with Gasteiger partial charge >= 0.3 is 6.18 Å². The Bertz CT molecular complexity index is 534. The van der Waals surface area contributed by atoms with Crippen molar-refractivity contribution in [2.45, 2.75) is 19.6 Å². The minimum absolute atomic E-state index is 0.348. The summed E-state index contributed by atoms with van der Waals surface area (Å²) in [5, 5.41) is 0. The summed E-state index contributed by atoms with van der Waals surface area (Å²) in [5.41, 5.74) is 0.356. The van der Waals surface area contributed by atoms with Crippen molar-refractivity contribution in [2.75, 3.05) is 13.2 Å². The number of hydrogen-bond donors (Lipinski definition) is 0. The van der Waals surface area contributed by atoms with Crippen LogP contribution in [0.25, 0.3) is 11.0 Å². The Morgan fingerprint density at radius 3 is 2.78 bits per heavy atom. The number of nitrogens with zero attached hydrogens (tertiary/aromatic N) is 2. The Morgan fingerprint density at radius 1 is 1.33 bits per heavy atom. The van der Waals surface area contributed by atoms with Crippen molar-refractivity contribution in [1.82, 2.24) is 9.55 Å². The second kappa shape index (κ2) is 4.97. The molecule has 0 bridgehead atoms. The quantitative estimate of drug-likeness (QED) is 0.788. The maximum absolute atomic E-state index is 12.5. The van der Waals surface area contributed by atoms with Gasteiger partial charge in [-0.1, -0.05) is 0 Å². The van der Waals surface area contributed by atoms with Crippen LogP contribution in [0.3, 0.4) is 0 Å². The van der Waals surface area contributed by atoms with E-state index in [9.17, 15) is 13.2 Å². The van der Waals surface area contributed by atoms with Gasteiger partial charge in [-0.15, -0.1) is 0 Å². The number of benzene rings is 1. The monoisotopic (exact) mass is 258 g/mol. The lowest BCUT2D eigenvalue weighted by Crippen LogP contribution is -2.06. The molecule has 0 saturated carbocycles. The zero-order chi connectivity index (χ0) is 13.2. The number of imidazole rings is 1. The summed E-state index contributed by atoms with van der Waals surface area (Å²) in [4.78, 5) is 3.98. The molecule has 1 aromatic heterocycles. The van der Waals surface area contributed by atoms with Crippen LogP contribution in [0, 0.1) is 0 Å². The summed E-state index contributed by atoms with van der Waals surface area (Å²) in [6, 6.07) is 3.57. The van der Waals surface area contributed by atoms with E-state index in [2.05, 4.69) is 4.98 Å². The van der Waals surface area contributed by atoms with Gasteiger partial charge in [0, 0.05) is 13.2 Å². The molecular formula is C12H13F3N2O. The molecule has 1 aromatic carbocycles. The summed E-state index contributed by atoms with van der Waals surface area (Å²) in [6.07, 6.45) is -2.80. The molecule has 98 valence electrons. The van der Waals surface area contributed by atoms with E-state index in [1.165, 1.54) is 12.4 Å². The number of ether oxygens (including phenoxy) is 1. The summed E-state index contributed by atoms with van der Waals surface area (Å²) >= 11 is 0. The van der Waals surface area contributed by atoms with Gasteiger partial charge in [-0.05, 0) is 25.1 Å². The fraction of sp³-hybridized carbons (Fsp3) is 0.417.